The number of β-amino-alcohol motifs (C(OH)–C–C–N with tert-alkyl or cyclic N) is 1. The van der Waals surface area contributed by atoms with Crippen LogP contribution in [-0.4, -0.2) is 74.4 Å². The minimum atomic E-state index is -0.963. The van der Waals surface area contributed by atoms with Crippen LogP contribution in [0.4, 0.5) is 14.5 Å². The number of aliphatic hydroxyl groups excluding tert-OH is 1. The van der Waals surface area contributed by atoms with E-state index in [2.05, 4.69) is 45.7 Å². The van der Waals surface area contributed by atoms with Crippen molar-refractivity contribution in [2.75, 3.05) is 51.3 Å². The van der Waals surface area contributed by atoms with Crippen LogP contribution in [0.25, 0.3) is 0 Å². The third-order valence-electron chi connectivity index (χ3n) is 9.37. The second-order valence-electron chi connectivity index (χ2n) is 12.6. The standard InChI is InChI=1S/C33H42F2N4O3/c1-38-17-22-19-39(20-23(22)18-38)26-7-8-27-28(14-26)29-15-32(27)42-9-5-3-2-4-6-33(41)37-30(31(40)16-36-29)12-21-10-24(34)13-25(35)11-21/h3,5,7-8,10-11,13-14,22-23,29-32,36,40H,2,4,6,9,12,15-20H2,1H3,(H,37,41)/b5-3-/t22?,23?,29-,30-,31+,32+/m0/s1. The average molecular weight is 581 g/mol. The summed E-state index contributed by atoms with van der Waals surface area (Å²) in [7, 11) is 2.20. The number of ether oxygens (including phenoxy) is 1. The molecule has 2 aromatic rings. The molecule has 6 atom stereocenters. The minimum absolute atomic E-state index is 0.0345. The third-order valence-corrected chi connectivity index (χ3v) is 9.37. The monoisotopic (exact) mass is 580 g/mol. The molecule has 2 unspecified atom stereocenters. The second kappa shape index (κ2) is 12.8. The van der Waals surface area contributed by atoms with Gasteiger partial charge in [0.05, 0.1) is 24.9 Å². The Labute approximate surface area is 246 Å². The van der Waals surface area contributed by atoms with Crippen molar-refractivity contribution in [1.82, 2.24) is 15.5 Å². The van der Waals surface area contributed by atoms with Crippen LogP contribution < -0.4 is 15.5 Å². The van der Waals surface area contributed by atoms with Gasteiger partial charge in [-0.3, -0.25) is 4.79 Å². The molecule has 0 spiro atoms. The maximum Gasteiger partial charge on any atom is 0.220 e. The van der Waals surface area contributed by atoms with Crippen molar-refractivity contribution in [2.45, 2.75) is 56.4 Å². The van der Waals surface area contributed by atoms with Gasteiger partial charge in [0.25, 0.3) is 0 Å². The molecule has 6 rings (SSSR count). The van der Waals surface area contributed by atoms with E-state index >= 15 is 0 Å². The largest absolute Gasteiger partial charge is 0.390 e. The van der Waals surface area contributed by atoms with Crippen LogP contribution in [0.15, 0.2) is 48.6 Å². The van der Waals surface area contributed by atoms with Gasteiger partial charge < -0.3 is 30.3 Å². The van der Waals surface area contributed by atoms with Crippen LogP contribution in [0.1, 0.15) is 54.5 Å². The Kier molecular flexibility index (Phi) is 8.90. The smallest absolute Gasteiger partial charge is 0.220 e. The molecule has 2 bridgehead atoms. The van der Waals surface area contributed by atoms with Crippen molar-refractivity contribution < 1.29 is 23.4 Å². The van der Waals surface area contributed by atoms with Crippen molar-refractivity contribution in [3.05, 3.63) is 76.9 Å². The first-order valence-corrected chi connectivity index (χ1v) is 15.3. The predicted molar refractivity (Wildman–Crippen MR) is 158 cm³/mol. The predicted octanol–water partition coefficient (Wildman–Crippen LogP) is 3.88. The first-order valence-electron chi connectivity index (χ1n) is 15.3. The molecule has 2 aromatic carbocycles. The van der Waals surface area contributed by atoms with Gasteiger partial charge in [0, 0.05) is 56.9 Å². The summed E-state index contributed by atoms with van der Waals surface area (Å²) in [5, 5.41) is 17.8. The van der Waals surface area contributed by atoms with Crippen molar-refractivity contribution in [3.63, 3.8) is 0 Å². The number of anilines is 1. The number of hydrogen-bond acceptors (Lipinski definition) is 6. The minimum Gasteiger partial charge on any atom is -0.390 e. The van der Waals surface area contributed by atoms with Gasteiger partial charge in [-0.1, -0.05) is 18.2 Å². The van der Waals surface area contributed by atoms with Crippen LogP contribution in [-0.2, 0) is 16.0 Å². The number of rotatable bonds is 3. The third kappa shape index (κ3) is 6.70. The summed E-state index contributed by atoms with van der Waals surface area (Å²) < 4.78 is 34.1. The molecule has 1 amide bonds. The van der Waals surface area contributed by atoms with E-state index in [-0.39, 0.29) is 31.0 Å². The average Bonchev–Trinajstić information content (AvgIpc) is 3.60. The van der Waals surface area contributed by atoms with Crippen molar-refractivity contribution in [1.29, 1.82) is 0 Å². The number of hydrogen-bond donors (Lipinski definition) is 3. The molecule has 226 valence electrons. The summed E-state index contributed by atoms with van der Waals surface area (Å²) in [5.74, 6) is -0.137. The Morgan fingerprint density at radius 3 is 2.52 bits per heavy atom. The van der Waals surface area contributed by atoms with E-state index in [0.717, 1.165) is 45.1 Å². The van der Waals surface area contributed by atoms with Crippen molar-refractivity contribution >= 4 is 11.6 Å². The quantitative estimate of drug-likeness (QED) is 0.479. The Morgan fingerprint density at radius 1 is 1.00 bits per heavy atom. The summed E-state index contributed by atoms with van der Waals surface area (Å²) in [6, 6.07) is 9.30. The Morgan fingerprint density at radius 2 is 1.76 bits per heavy atom. The first-order chi connectivity index (χ1) is 20.3. The molecule has 9 heteroatoms. The van der Waals surface area contributed by atoms with E-state index in [1.165, 1.54) is 28.9 Å². The molecule has 4 aliphatic rings. The van der Waals surface area contributed by atoms with Crippen LogP contribution in [0, 0.1) is 23.5 Å². The molecule has 0 aromatic heterocycles. The van der Waals surface area contributed by atoms with Crippen LogP contribution in [0.3, 0.4) is 0 Å². The number of amides is 1. The van der Waals surface area contributed by atoms with E-state index in [1.807, 2.05) is 12.2 Å². The molecule has 3 N–H and O–H groups in total. The maximum absolute atomic E-state index is 13.9. The fourth-order valence-electron chi connectivity index (χ4n) is 7.30. The van der Waals surface area contributed by atoms with Crippen molar-refractivity contribution in [3.8, 4) is 0 Å². The lowest BCUT2D eigenvalue weighted by molar-refractivity contribution is -0.122. The van der Waals surface area contributed by atoms with Gasteiger partial charge >= 0.3 is 0 Å². The zero-order valence-electron chi connectivity index (χ0n) is 24.3. The number of allylic oxidation sites excluding steroid dienone is 1. The summed E-state index contributed by atoms with van der Waals surface area (Å²) >= 11 is 0. The highest BCUT2D eigenvalue weighted by molar-refractivity contribution is 5.76. The van der Waals surface area contributed by atoms with Gasteiger partial charge in [-0.2, -0.15) is 0 Å². The molecular weight excluding hydrogens is 538 g/mol. The maximum atomic E-state index is 13.9. The molecule has 3 aliphatic heterocycles. The zero-order valence-corrected chi connectivity index (χ0v) is 24.3. The summed E-state index contributed by atoms with van der Waals surface area (Å²) in [6.07, 6.45) is 5.58. The lowest BCUT2D eigenvalue weighted by Gasteiger charge is -2.27. The summed E-state index contributed by atoms with van der Waals surface area (Å²) in [4.78, 5) is 17.7. The van der Waals surface area contributed by atoms with E-state index in [9.17, 15) is 18.7 Å². The van der Waals surface area contributed by atoms with Gasteiger partial charge in [-0.05, 0) is 85.5 Å². The molecule has 2 fully saturated rings. The molecule has 1 aliphatic carbocycles. The lowest BCUT2D eigenvalue weighted by Crippen LogP contribution is -2.49. The van der Waals surface area contributed by atoms with Crippen LogP contribution in [0.2, 0.25) is 0 Å². The molecule has 0 saturated carbocycles. The number of carbonyl (C=O) groups excluding carboxylic acids is 1. The number of likely N-dealkylation sites (tertiary alicyclic amines) is 1. The highest BCUT2D eigenvalue weighted by atomic mass is 19.1. The van der Waals surface area contributed by atoms with E-state index < -0.39 is 23.8 Å². The number of carbonyl (C=O) groups is 1. The van der Waals surface area contributed by atoms with E-state index in [1.54, 1.807) is 0 Å². The SMILES string of the molecule is CN1CC2CN(c3ccc4c(c3)[C@@H]3C[C@H]4OC/C=C\CCCC(=O)N[C@@H](Cc4cc(F)cc(F)c4)[C@H](O)CN3)CC2C1. The molecule has 7 nitrogen and oxygen atoms in total. The van der Waals surface area contributed by atoms with Crippen molar-refractivity contribution in [2.24, 2.45) is 11.8 Å². The number of nitrogens with zero attached hydrogens (tertiary/aromatic N) is 2. The number of halogens is 2. The van der Waals surface area contributed by atoms with Gasteiger partial charge in [0.2, 0.25) is 5.91 Å². The highest BCUT2D eigenvalue weighted by Gasteiger charge is 2.40. The normalized spacial score (nSPS) is 31.5. The highest BCUT2D eigenvalue weighted by Crippen LogP contribution is 2.44. The Bertz CT molecular complexity index is 1270. The molecule has 3 heterocycles. The fraction of sp³-hybridized carbons (Fsp3) is 0.545. The van der Waals surface area contributed by atoms with Crippen LogP contribution in [0.5, 0.6) is 0 Å². The Balaban J connectivity index is 1.22. The van der Waals surface area contributed by atoms with Gasteiger partial charge in [0.15, 0.2) is 0 Å². The summed E-state index contributed by atoms with van der Waals surface area (Å²) in [5.41, 5.74) is 3.96. The topological polar surface area (TPSA) is 77.1 Å². The number of nitrogens with one attached hydrogen (secondary N) is 2. The van der Waals surface area contributed by atoms with E-state index in [0.29, 0.717) is 36.8 Å². The summed E-state index contributed by atoms with van der Waals surface area (Å²) in [6.45, 7) is 5.15. The van der Waals surface area contributed by atoms with Gasteiger partial charge in [0.1, 0.15) is 11.6 Å². The number of fused-ring (bicyclic) bond motifs is 6. The van der Waals surface area contributed by atoms with E-state index in [4.69, 9.17) is 4.74 Å². The fourth-order valence-corrected chi connectivity index (χ4v) is 7.30. The molecule has 2 saturated heterocycles. The molecule has 0 radical (unpaired) electrons. The van der Waals surface area contributed by atoms with Crippen LogP contribution >= 0.6 is 0 Å². The van der Waals surface area contributed by atoms with Gasteiger partial charge in [-0.15, -0.1) is 0 Å². The lowest BCUT2D eigenvalue weighted by atomic mass is 9.99. The molecule has 42 heavy (non-hydrogen) atoms. The zero-order chi connectivity index (χ0) is 29.2. The second-order valence-corrected chi connectivity index (χ2v) is 12.6. The Hall–Kier alpha value is -2.85. The van der Waals surface area contributed by atoms with Gasteiger partial charge in [-0.25, -0.2) is 8.78 Å². The number of benzene rings is 2. The first kappa shape index (κ1) is 29.2. The molecular formula is C33H42F2N4O3. The number of aliphatic hydroxyl groups is 1.